The second kappa shape index (κ2) is 6.23. The van der Waals surface area contributed by atoms with Gasteiger partial charge in [-0.3, -0.25) is 0 Å². The average Bonchev–Trinajstić information content (AvgIpc) is 2.27. The molecular weight excluding hydrogens is 224 g/mol. The van der Waals surface area contributed by atoms with Crippen molar-refractivity contribution in [1.29, 1.82) is 0 Å². The average molecular weight is 239 g/mol. The molecule has 0 spiro atoms. The van der Waals surface area contributed by atoms with Gasteiger partial charge in [0.05, 0.1) is 0 Å². The van der Waals surface area contributed by atoms with Gasteiger partial charge in [-0.2, -0.15) is 0 Å². The number of carbonyl (C=O) groups excluding carboxylic acids is 1. The number of ether oxygens (including phenoxy) is 2. The van der Waals surface area contributed by atoms with E-state index in [0.717, 1.165) is 0 Å². The van der Waals surface area contributed by atoms with E-state index in [2.05, 4.69) is 19.1 Å². The maximum absolute atomic E-state index is 11.1. The first kappa shape index (κ1) is 12.6. The molecule has 0 fully saturated rings. The lowest BCUT2D eigenvalue weighted by molar-refractivity contribution is 0.109. The van der Waals surface area contributed by atoms with Crippen LogP contribution in [-0.2, 0) is 15.6 Å². The molecule has 0 aromatic heterocycles. The molecule has 0 heterocycles. The molecule has 0 aliphatic rings. The van der Waals surface area contributed by atoms with Crippen LogP contribution in [0.2, 0.25) is 0 Å². The fourth-order valence-corrected chi connectivity index (χ4v) is 1.71. The van der Waals surface area contributed by atoms with E-state index in [1.165, 1.54) is 11.0 Å². The second-order valence-corrected chi connectivity index (χ2v) is 5.34. The Morgan fingerprint density at radius 1 is 1.38 bits per heavy atom. The Morgan fingerprint density at radius 3 is 2.50 bits per heavy atom. The van der Waals surface area contributed by atoms with Gasteiger partial charge in [-0.25, -0.2) is 4.79 Å². The molecule has 1 rings (SSSR count). The summed E-state index contributed by atoms with van der Waals surface area (Å²) in [6.07, 6.45) is 5.05. The van der Waals surface area contributed by atoms with Crippen LogP contribution in [0.3, 0.4) is 0 Å². The van der Waals surface area contributed by atoms with E-state index in [1.807, 2.05) is 12.1 Å². The molecule has 3 nitrogen and oxygen atoms in total. The van der Waals surface area contributed by atoms with Crippen LogP contribution in [0.15, 0.2) is 41.8 Å². The normalized spacial score (nSPS) is 9.94. The predicted octanol–water partition coefficient (Wildman–Crippen LogP) is 2.62. The van der Waals surface area contributed by atoms with Crippen LogP contribution in [-0.4, -0.2) is 25.3 Å². The zero-order chi connectivity index (χ0) is 12.0. The van der Waals surface area contributed by atoms with Gasteiger partial charge in [0, 0.05) is 10.9 Å². The van der Waals surface area contributed by atoms with E-state index in [4.69, 9.17) is 9.47 Å². The summed E-state index contributed by atoms with van der Waals surface area (Å²) >= 11 is 0. The largest absolute Gasteiger partial charge is 0.514 e. The first-order chi connectivity index (χ1) is 7.63. The van der Waals surface area contributed by atoms with Gasteiger partial charge in [0.2, 0.25) is 0 Å². The Morgan fingerprint density at radius 2 is 2.00 bits per heavy atom. The number of hydrogen-bond acceptors (Lipinski definition) is 3. The standard InChI is InChI=1S/C12H15O3S/c1-4-9-14-12(13)15-10-5-7-11(8-6-10)16(2)3/h4-8H,1,9H2,2-3H3/q+1. The molecule has 0 saturated carbocycles. The third kappa shape index (κ3) is 3.98. The lowest BCUT2D eigenvalue weighted by atomic mass is 10.3. The molecule has 0 unspecified atom stereocenters. The summed E-state index contributed by atoms with van der Waals surface area (Å²) in [5.41, 5.74) is 0. The Labute approximate surface area is 98.4 Å². The lowest BCUT2D eigenvalue weighted by Crippen LogP contribution is -2.10. The van der Waals surface area contributed by atoms with Crippen molar-refractivity contribution < 1.29 is 14.3 Å². The summed E-state index contributed by atoms with van der Waals surface area (Å²) in [6.45, 7) is 3.60. The van der Waals surface area contributed by atoms with Crippen molar-refractivity contribution >= 4 is 17.1 Å². The minimum atomic E-state index is -0.709. The van der Waals surface area contributed by atoms with Crippen LogP contribution >= 0.6 is 0 Å². The molecule has 0 aliphatic carbocycles. The molecule has 0 radical (unpaired) electrons. The van der Waals surface area contributed by atoms with Crippen molar-refractivity contribution in [1.82, 2.24) is 0 Å². The van der Waals surface area contributed by atoms with Crippen LogP contribution in [0.4, 0.5) is 4.79 Å². The van der Waals surface area contributed by atoms with Gasteiger partial charge in [-0.05, 0) is 24.3 Å². The van der Waals surface area contributed by atoms with Gasteiger partial charge in [-0.15, -0.1) is 0 Å². The molecule has 16 heavy (non-hydrogen) atoms. The minimum absolute atomic E-state index is 0.157. The van der Waals surface area contributed by atoms with Crippen LogP contribution in [0, 0.1) is 0 Å². The van der Waals surface area contributed by atoms with Crippen molar-refractivity contribution in [2.75, 3.05) is 19.1 Å². The quantitative estimate of drug-likeness (QED) is 0.351. The van der Waals surface area contributed by atoms with Gasteiger partial charge >= 0.3 is 6.16 Å². The zero-order valence-corrected chi connectivity index (χ0v) is 10.3. The van der Waals surface area contributed by atoms with Crippen molar-refractivity contribution in [2.45, 2.75) is 4.90 Å². The summed E-state index contributed by atoms with van der Waals surface area (Å²) in [7, 11) is 0.210. The number of benzene rings is 1. The monoisotopic (exact) mass is 239 g/mol. The first-order valence-corrected chi connectivity index (χ1v) is 6.80. The van der Waals surface area contributed by atoms with E-state index in [0.29, 0.717) is 5.75 Å². The minimum Gasteiger partial charge on any atom is -0.430 e. The summed E-state index contributed by atoms with van der Waals surface area (Å²) in [5, 5.41) is 0. The smallest absolute Gasteiger partial charge is 0.430 e. The Bertz CT molecular complexity index is 357. The van der Waals surface area contributed by atoms with E-state index in [1.54, 1.807) is 12.1 Å². The molecule has 0 aliphatic heterocycles. The first-order valence-electron chi connectivity index (χ1n) is 4.76. The maximum atomic E-state index is 11.1. The van der Waals surface area contributed by atoms with Crippen LogP contribution < -0.4 is 4.74 Å². The molecule has 0 N–H and O–H groups in total. The van der Waals surface area contributed by atoms with Crippen LogP contribution in [0.5, 0.6) is 5.75 Å². The summed E-state index contributed by atoms with van der Waals surface area (Å²) < 4.78 is 9.64. The molecule has 86 valence electrons. The summed E-state index contributed by atoms with van der Waals surface area (Å²) in [6, 6.07) is 7.41. The highest BCUT2D eigenvalue weighted by Gasteiger charge is 2.09. The van der Waals surface area contributed by atoms with Crippen LogP contribution in [0.25, 0.3) is 0 Å². The van der Waals surface area contributed by atoms with E-state index < -0.39 is 6.16 Å². The molecular formula is C12H15O3S+. The summed E-state index contributed by atoms with van der Waals surface area (Å²) in [4.78, 5) is 12.3. The third-order valence-corrected chi connectivity index (χ3v) is 3.03. The molecule has 0 saturated heterocycles. The molecule has 0 atom stereocenters. The Kier molecular flexibility index (Phi) is 4.92. The van der Waals surface area contributed by atoms with Gasteiger partial charge < -0.3 is 9.47 Å². The molecule has 1 aromatic rings. The van der Waals surface area contributed by atoms with Gasteiger partial charge in [0.1, 0.15) is 24.9 Å². The number of carbonyl (C=O) groups is 1. The maximum Gasteiger partial charge on any atom is 0.514 e. The van der Waals surface area contributed by atoms with Crippen molar-refractivity contribution in [3.05, 3.63) is 36.9 Å². The van der Waals surface area contributed by atoms with E-state index >= 15 is 0 Å². The Balaban J connectivity index is 2.54. The predicted molar refractivity (Wildman–Crippen MR) is 66.1 cm³/mol. The molecule has 0 amide bonds. The fraction of sp³-hybridized carbons (Fsp3) is 0.250. The third-order valence-electron chi connectivity index (χ3n) is 1.82. The molecule has 0 bridgehead atoms. The number of rotatable bonds is 4. The molecule has 1 aromatic carbocycles. The van der Waals surface area contributed by atoms with Crippen molar-refractivity contribution in [3.8, 4) is 5.75 Å². The van der Waals surface area contributed by atoms with Gasteiger partial charge in [0.15, 0.2) is 4.90 Å². The number of hydrogen-bond donors (Lipinski definition) is 0. The highest BCUT2D eigenvalue weighted by Crippen LogP contribution is 2.16. The lowest BCUT2D eigenvalue weighted by Gasteiger charge is -2.04. The fourth-order valence-electron chi connectivity index (χ4n) is 1.03. The van der Waals surface area contributed by atoms with Crippen LogP contribution in [0.1, 0.15) is 0 Å². The SMILES string of the molecule is C=CCOC(=O)Oc1ccc([S+](C)C)cc1. The van der Waals surface area contributed by atoms with Gasteiger partial charge in [0.25, 0.3) is 0 Å². The molecule has 4 heteroatoms. The zero-order valence-electron chi connectivity index (χ0n) is 9.43. The second-order valence-electron chi connectivity index (χ2n) is 3.24. The Hall–Kier alpha value is -1.42. The topological polar surface area (TPSA) is 35.5 Å². The van der Waals surface area contributed by atoms with E-state index in [9.17, 15) is 4.79 Å². The van der Waals surface area contributed by atoms with Crippen molar-refractivity contribution in [3.63, 3.8) is 0 Å². The highest BCUT2D eigenvalue weighted by atomic mass is 32.2. The van der Waals surface area contributed by atoms with E-state index in [-0.39, 0.29) is 17.5 Å². The van der Waals surface area contributed by atoms with Gasteiger partial charge in [-0.1, -0.05) is 12.7 Å². The summed E-state index contributed by atoms with van der Waals surface area (Å²) in [5.74, 6) is 0.489. The highest BCUT2D eigenvalue weighted by molar-refractivity contribution is 7.95. The van der Waals surface area contributed by atoms with Crippen molar-refractivity contribution in [2.24, 2.45) is 0 Å².